The molecule has 18 heavy (non-hydrogen) atoms. The Kier molecular flexibility index (Phi) is 3.45. The molecule has 2 rings (SSSR count). The Bertz CT molecular complexity index is 475. The minimum Gasteiger partial charge on any atom is -0.467 e. The summed E-state index contributed by atoms with van der Waals surface area (Å²) in [4.78, 5) is 11.5. The van der Waals surface area contributed by atoms with Gasteiger partial charge in [0, 0.05) is 12.1 Å². The molecule has 0 aromatic heterocycles. The maximum Gasteiger partial charge on any atom is 0.328 e. The summed E-state index contributed by atoms with van der Waals surface area (Å²) >= 11 is 0. The van der Waals surface area contributed by atoms with Crippen LogP contribution >= 0.6 is 0 Å². The number of rotatable bonds is 4. The van der Waals surface area contributed by atoms with Crippen molar-refractivity contribution in [3.8, 4) is 0 Å². The maximum absolute atomic E-state index is 13.4. The quantitative estimate of drug-likeness (QED) is 0.666. The predicted octanol–water partition coefficient (Wildman–Crippen LogP) is 2.47. The predicted molar refractivity (Wildman–Crippen MR) is 58.5 cm³/mol. The summed E-state index contributed by atoms with van der Waals surface area (Å²) in [5.41, 5.74) is -0.240. The van der Waals surface area contributed by atoms with Crippen LogP contribution in [-0.4, -0.2) is 19.1 Å². The molecule has 1 aromatic carbocycles. The average Bonchev–Trinajstić information content (AvgIpc) is 3.15. The molecule has 0 spiro atoms. The molecule has 0 radical (unpaired) electrons. The maximum atomic E-state index is 13.4. The number of benzene rings is 1. The second-order valence-electron chi connectivity index (χ2n) is 4.23. The van der Waals surface area contributed by atoms with Crippen LogP contribution in [0.25, 0.3) is 0 Å². The molecule has 0 bridgehead atoms. The molecule has 1 aromatic rings. The van der Waals surface area contributed by atoms with E-state index in [0.29, 0.717) is 12.1 Å². The highest BCUT2D eigenvalue weighted by atomic mass is 19.2. The first-order chi connectivity index (χ1) is 8.52. The van der Waals surface area contributed by atoms with Gasteiger partial charge in [-0.1, -0.05) is 0 Å². The Balaban J connectivity index is 2.21. The summed E-state index contributed by atoms with van der Waals surface area (Å²) in [6.45, 7) is 0. The minimum atomic E-state index is -1.26. The first-order valence-corrected chi connectivity index (χ1v) is 5.52. The van der Waals surface area contributed by atoms with Crippen molar-refractivity contribution in [3.05, 3.63) is 29.6 Å². The topological polar surface area (TPSA) is 38.3 Å². The monoisotopic (exact) mass is 259 g/mol. The molecule has 0 saturated heterocycles. The normalized spacial score (nSPS) is 16.2. The van der Waals surface area contributed by atoms with Crippen LogP contribution in [0.2, 0.25) is 0 Å². The highest BCUT2D eigenvalue weighted by molar-refractivity contribution is 5.80. The Morgan fingerprint density at radius 2 is 1.89 bits per heavy atom. The zero-order chi connectivity index (χ0) is 13.3. The number of ether oxygens (including phenoxy) is 1. The van der Waals surface area contributed by atoms with Gasteiger partial charge in [0.05, 0.1) is 12.8 Å². The van der Waals surface area contributed by atoms with E-state index in [9.17, 15) is 18.0 Å². The average molecular weight is 259 g/mol. The summed E-state index contributed by atoms with van der Waals surface area (Å²) < 4.78 is 43.8. The summed E-state index contributed by atoms with van der Waals surface area (Å²) in [6.07, 6.45) is 1.64. The van der Waals surface area contributed by atoms with Crippen LogP contribution in [0.15, 0.2) is 12.1 Å². The molecular formula is C12H12F3NO2. The summed E-state index contributed by atoms with van der Waals surface area (Å²) in [7, 11) is 1.22. The molecule has 6 heteroatoms. The number of hydrogen-bond acceptors (Lipinski definition) is 3. The van der Waals surface area contributed by atoms with Gasteiger partial charge in [0.15, 0.2) is 11.6 Å². The SMILES string of the molecule is COC(=O)C(Nc1cc(F)c(F)cc1F)C1CC1. The van der Waals surface area contributed by atoms with E-state index in [2.05, 4.69) is 10.1 Å². The molecule has 0 amide bonds. The van der Waals surface area contributed by atoms with Crippen LogP contribution in [0.5, 0.6) is 0 Å². The molecule has 1 aliphatic carbocycles. The number of carbonyl (C=O) groups excluding carboxylic acids is 1. The van der Waals surface area contributed by atoms with E-state index in [-0.39, 0.29) is 11.6 Å². The molecule has 1 fully saturated rings. The van der Waals surface area contributed by atoms with Crippen molar-refractivity contribution in [3.63, 3.8) is 0 Å². The standard InChI is InChI=1S/C12H12F3NO2/c1-18-12(17)11(6-2-3-6)16-10-5-8(14)7(13)4-9(10)15/h4-6,11,16H,2-3H2,1H3. The van der Waals surface area contributed by atoms with E-state index in [0.717, 1.165) is 12.8 Å². The van der Waals surface area contributed by atoms with Crippen LogP contribution in [0.4, 0.5) is 18.9 Å². The lowest BCUT2D eigenvalue weighted by molar-refractivity contribution is -0.142. The summed E-state index contributed by atoms with van der Waals surface area (Å²) in [6, 6.07) is 0.413. The first-order valence-electron chi connectivity index (χ1n) is 5.52. The van der Waals surface area contributed by atoms with Crippen LogP contribution in [0, 0.1) is 23.4 Å². The largest absolute Gasteiger partial charge is 0.467 e. The van der Waals surface area contributed by atoms with Crippen molar-refractivity contribution >= 4 is 11.7 Å². The van der Waals surface area contributed by atoms with Gasteiger partial charge in [0.25, 0.3) is 0 Å². The van der Waals surface area contributed by atoms with Crippen LogP contribution in [0.1, 0.15) is 12.8 Å². The van der Waals surface area contributed by atoms with Gasteiger partial charge in [-0.3, -0.25) is 0 Å². The van der Waals surface area contributed by atoms with Gasteiger partial charge in [0.2, 0.25) is 0 Å². The highest BCUT2D eigenvalue weighted by Crippen LogP contribution is 2.35. The Labute approximate surface area is 102 Å². The number of esters is 1. The Morgan fingerprint density at radius 3 is 2.44 bits per heavy atom. The molecule has 1 atom stereocenters. The zero-order valence-electron chi connectivity index (χ0n) is 9.67. The Hall–Kier alpha value is -1.72. The molecule has 3 nitrogen and oxygen atoms in total. The van der Waals surface area contributed by atoms with Gasteiger partial charge in [0.1, 0.15) is 11.9 Å². The third-order valence-corrected chi connectivity index (χ3v) is 2.87. The fourth-order valence-corrected chi connectivity index (χ4v) is 1.73. The van der Waals surface area contributed by atoms with Crippen LogP contribution in [0.3, 0.4) is 0 Å². The molecule has 0 aliphatic heterocycles. The number of nitrogens with one attached hydrogen (secondary N) is 1. The number of hydrogen-bond donors (Lipinski definition) is 1. The van der Waals surface area contributed by atoms with E-state index in [1.54, 1.807) is 0 Å². The second kappa shape index (κ2) is 4.88. The lowest BCUT2D eigenvalue weighted by Crippen LogP contribution is -2.33. The van der Waals surface area contributed by atoms with E-state index in [1.807, 2.05) is 0 Å². The molecule has 1 aliphatic rings. The van der Waals surface area contributed by atoms with E-state index in [1.165, 1.54) is 7.11 Å². The van der Waals surface area contributed by atoms with Gasteiger partial charge in [-0.15, -0.1) is 0 Å². The minimum absolute atomic E-state index is 0.0463. The smallest absolute Gasteiger partial charge is 0.328 e. The zero-order valence-corrected chi connectivity index (χ0v) is 9.67. The molecule has 1 unspecified atom stereocenters. The Morgan fingerprint density at radius 1 is 1.28 bits per heavy atom. The highest BCUT2D eigenvalue weighted by Gasteiger charge is 2.37. The van der Waals surface area contributed by atoms with E-state index < -0.39 is 29.5 Å². The van der Waals surface area contributed by atoms with Crippen molar-refractivity contribution in [2.24, 2.45) is 5.92 Å². The molecule has 0 heterocycles. The van der Waals surface area contributed by atoms with Crippen molar-refractivity contribution in [2.75, 3.05) is 12.4 Å². The van der Waals surface area contributed by atoms with Gasteiger partial charge in [-0.2, -0.15) is 0 Å². The molecular weight excluding hydrogens is 247 g/mol. The first kappa shape index (κ1) is 12.7. The number of carbonyl (C=O) groups is 1. The number of methoxy groups -OCH3 is 1. The lowest BCUT2D eigenvalue weighted by atomic mass is 10.1. The van der Waals surface area contributed by atoms with E-state index in [4.69, 9.17) is 0 Å². The molecule has 98 valence electrons. The number of anilines is 1. The van der Waals surface area contributed by atoms with Crippen LogP contribution in [-0.2, 0) is 9.53 Å². The second-order valence-corrected chi connectivity index (χ2v) is 4.23. The molecule has 1 N–H and O–H groups in total. The molecule has 1 saturated carbocycles. The summed E-state index contributed by atoms with van der Waals surface area (Å²) in [5.74, 6) is -3.87. The van der Waals surface area contributed by atoms with Crippen molar-refractivity contribution in [1.29, 1.82) is 0 Å². The van der Waals surface area contributed by atoms with Crippen LogP contribution < -0.4 is 5.32 Å². The van der Waals surface area contributed by atoms with Crippen molar-refractivity contribution < 1.29 is 22.7 Å². The van der Waals surface area contributed by atoms with Gasteiger partial charge >= 0.3 is 5.97 Å². The van der Waals surface area contributed by atoms with E-state index >= 15 is 0 Å². The van der Waals surface area contributed by atoms with Crippen molar-refractivity contribution in [2.45, 2.75) is 18.9 Å². The lowest BCUT2D eigenvalue weighted by Gasteiger charge is -2.17. The third-order valence-electron chi connectivity index (χ3n) is 2.87. The third kappa shape index (κ3) is 2.57. The fraction of sp³-hybridized carbons (Fsp3) is 0.417. The number of halogens is 3. The van der Waals surface area contributed by atoms with Gasteiger partial charge in [-0.05, 0) is 18.8 Å². The van der Waals surface area contributed by atoms with Crippen molar-refractivity contribution in [1.82, 2.24) is 0 Å². The fourth-order valence-electron chi connectivity index (χ4n) is 1.73. The van der Waals surface area contributed by atoms with Gasteiger partial charge in [-0.25, -0.2) is 18.0 Å². The van der Waals surface area contributed by atoms with Gasteiger partial charge < -0.3 is 10.1 Å². The summed E-state index contributed by atoms with van der Waals surface area (Å²) in [5, 5.41) is 2.57.